The minimum Gasteiger partial charge on any atom is -0.262 e. The molecular formula is C5HF3N2O2S. The highest BCUT2D eigenvalue weighted by molar-refractivity contribution is 7.11. The van der Waals surface area contributed by atoms with Crippen LogP contribution < -0.4 is 0 Å². The second kappa shape index (κ2) is 3.21. The molecule has 0 spiro atoms. The van der Waals surface area contributed by atoms with Crippen molar-refractivity contribution in [3.8, 4) is 0 Å². The van der Waals surface area contributed by atoms with E-state index in [4.69, 9.17) is 0 Å². The van der Waals surface area contributed by atoms with E-state index in [1.54, 1.807) is 0 Å². The molecule has 8 heteroatoms. The summed E-state index contributed by atoms with van der Waals surface area (Å²) in [6.45, 7) is 0. The molecule has 70 valence electrons. The van der Waals surface area contributed by atoms with Crippen LogP contribution in [0, 0.1) is 4.91 Å². The molecule has 1 amide bonds. The molecular weight excluding hydrogens is 209 g/mol. The zero-order chi connectivity index (χ0) is 10.1. The van der Waals surface area contributed by atoms with Crippen LogP contribution in [0.3, 0.4) is 0 Å². The second-order valence-corrected chi connectivity index (χ2v) is 2.78. The lowest BCUT2D eigenvalue weighted by atomic mass is 10.3. The molecule has 0 radical (unpaired) electrons. The topological polar surface area (TPSA) is 59.4 Å². The fraction of sp³-hybridized carbons (Fsp3) is 0.200. The molecule has 1 aromatic heterocycles. The SMILES string of the molecule is O=NC(=O)c1scnc1C(F)(F)F. The highest BCUT2D eigenvalue weighted by Gasteiger charge is 2.38. The van der Waals surface area contributed by atoms with Crippen molar-refractivity contribution < 1.29 is 18.0 Å². The number of hydrogen-bond donors (Lipinski definition) is 0. The van der Waals surface area contributed by atoms with Crippen LogP contribution in [0.5, 0.6) is 0 Å². The molecule has 0 fully saturated rings. The number of aromatic nitrogens is 1. The molecule has 1 aromatic rings. The standard InChI is InChI=1S/C5HF3N2O2S/c6-5(7,8)3-2(4(11)10-12)13-1-9-3/h1H. The van der Waals surface area contributed by atoms with Gasteiger partial charge in [0.15, 0.2) is 5.69 Å². The Morgan fingerprint density at radius 3 is 2.62 bits per heavy atom. The first-order chi connectivity index (χ1) is 5.96. The van der Waals surface area contributed by atoms with Gasteiger partial charge < -0.3 is 0 Å². The Kier molecular flexibility index (Phi) is 2.41. The number of amides is 1. The summed E-state index contributed by atoms with van der Waals surface area (Å²) in [6.07, 6.45) is -4.73. The first kappa shape index (κ1) is 9.78. The van der Waals surface area contributed by atoms with E-state index in [1.807, 2.05) is 5.18 Å². The number of halogens is 3. The van der Waals surface area contributed by atoms with E-state index < -0.39 is 22.7 Å². The lowest BCUT2D eigenvalue weighted by Gasteiger charge is -2.01. The average Bonchev–Trinajstić information content (AvgIpc) is 2.49. The molecule has 0 aliphatic carbocycles. The third kappa shape index (κ3) is 1.89. The van der Waals surface area contributed by atoms with Gasteiger partial charge >= 0.3 is 12.1 Å². The number of carbonyl (C=O) groups excluding carboxylic acids is 1. The molecule has 0 aromatic carbocycles. The molecule has 0 unspecified atom stereocenters. The van der Waals surface area contributed by atoms with Crippen LogP contribution in [-0.4, -0.2) is 10.9 Å². The number of rotatable bonds is 1. The van der Waals surface area contributed by atoms with Crippen LogP contribution in [0.2, 0.25) is 0 Å². The summed E-state index contributed by atoms with van der Waals surface area (Å²) in [4.78, 5) is 22.4. The summed E-state index contributed by atoms with van der Waals surface area (Å²) < 4.78 is 36.1. The van der Waals surface area contributed by atoms with Gasteiger partial charge in [-0.15, -0.1) is 16.2 Å². The lowest BCUT2D eigenvalue weighted by molar-refractivity contribution is -0.141. The third-order valence-electron chi connectivity index (χ3n) is 1.11. The van der Waals surface area contributed by atoms with Crippen molar-refractivity contribution >= 4 is 17.2 Å². The zero-order valence-electron chi connectivity index (χ0n) is 5.83. The first-order valence-corrected chi connectivity index (χ1v) is 3.73. The largest absolute Gasteiger partial charge is 0.434 e. The van der Waals surface area contributed by atoms with Gasteiger partial charge in [-0.1, -0.05) is 0 Å². The van der Waals surface area contributed by atoms with Crippen molar-refractivity contribution in [2.75, 3.05) is 0 Å². The van der Waals surface area contributed by atoms with E-state index in [9.17, 15) is 22.9 Å². The Morgan fingerprint density at radius 1 is 1.54 bits per heavy atom. The number of carbonyl (C=O) groups is 1. The Hall–Kier alpha value is -1.31. The summed E-state index contributed by atoms with van der Waals surface area (Å²) in [5, 5.41) is 1.89. The fourth-order valence-electron chi connectivity index (χ4n) is 0.641. The van der Waals surface area contributed by atoms with E-state index in [0.717, 1.165) is 5.51 Å². The summed E-state index contributed by atoms with van der Waals surface area (Å²) in [5.74, 6) is -1.45. The molecule has 0 bridgehead atoms. The number of hydrogen-bond acceptors (Lipinski definition) is 4. The van der Waals surface area contributed by atoms with Crippen molar-refractivity contribution in [2.45, 2.75) is 6.18 Å². The van der Waals surface area contributed by atoms with Gasteiger partial charge in [0.1, 0.15) is 4.88 Å². The van der Waals surface area contributed by atoms with E-state index in [1.165, 1.54) is 0 Å². The van der Waals surface area contributed by atoms with Crippen molar-refractivity contribution in [3.05, 3.63) is 21.0 Å². The fourth-order valence-corrected chi connectivity index (χ4v) is 1.32. The quantitative estimate of drug-likeness (QED) is 0.666. The van der Waals surface area contributed by atoms with Crippen LogP contribution >= 0.6 is 11.3 Å². The highest BCUT2D eigenvalue weighted by Crippen LogP contribution is 2.32. The smallest absolute Gasteiger partial charge is 0.262 e. The Labute approximate surface area is 73.4 Å². The molecule has 4 nitrogen and oxygen atoms in total. The number of thiazole rings is 1. The molecule has 13 heavy (non-hydrogen) atoms. The van der Waals surface area contributed by atoms with Crippen LogP contribution in [0.15, 0.2) is 10.7 Å². The Balaban J connectivity index is 3.17. The third-order valence-corrected chi connectivity index (χ3v) is 1.93. The molecule has 0 aliphatic rings. The minimum atomic E-state index is -4.73. The van der Waals surface area contributed by atoms with E-state index in [0.29, 0.717) is 11.3 Å². The molecule has 0 N–H and O–H groups in total. The summed E-state index contributed by atoms with van der Waals surface area (Å²) in [5.41, 5.74) is -0.525. The molecule has 0 atom stereocenters. The predicted molar refractivity (Wildman–Crippen MR) is 37.2 cm³/mol. The van der Waals surface area contributed by atoms with Gasteiger partial charge in [0.25, 0.3) is 0 Å². The molecule has 1 heterocycles. The van der Waals surface area contributed by atoms with Crippen molar-refractivity contribution in [1.29, 1.82) is 0 Å². The van der Waals surface area contributed by atoms with Crippen LogP contribution in [0.4, 0.5) is 13.2 Å². The molecule has 0 aliphatic heterocycles. The number of alkyl halides is 3. The maximum Gasteiger partial charge on any atom is 0.434 e. The van der Waals surface area contributed by atoms with Gasteiger partial charge in [-0.3, -0.25) is 4.79 Å². The lowest BCUT2D eigenvalue weighted by Crippen LogP contribution is -2.10. The maximum atomic E-state index is 12.0. The first-order valence-electron chi connectivity index (χ1n) is 2.85. The van der Waals surface area contributed by atoms with Gasteiger partial charge in [0, 0.05) is 5.18 Å². The average molecular weight is 210 g/mol. The monoisotopic (exact) mass is 210 g/mol. The van der Waals surface area contributed by atoms with E-state index >= 15 is 0 Å². The van der Waals surface area contributed by atoms with Gasteiger partial charge in [-0.05, 0) is 0 Å². The van der Waals surface area contributed by atoms with Crippen molar-refractivity contribution in [2.24, 2.45) is 5.18 Å². The predicted octanol–water partition coefficient (Wildman–Crippen LogP) is 2.07. The van der Waals surface area contributed by atoms with Crippen LogP contribution in [-0.2, 0) is 6.18 Å². The van der Waals surface area contributed by atoms with Gasteiger partial charge in [-0.25, -0.2) is 4.98 Å². The van der Waals surface area contributed by atoms with Crippen LogP contribution in [0.1, 0.15) is 15.4 Å². The summed E-state index contributed by atoms with van der Waals surface area (Å²) >= 11 is 0.435. The number of nitrogens with zero attached hydrogens (tertiary/aromatic N) is 2. The maximum absolute atomic E-state index is 12.0. The molecule has 1 rings (SSSR count). The Morgan fingerprint density at radius 2 is 2.15 bits per heavy atom. The summed E-state index contributed by atoms with van der Waals surface area (Å²) in [7, 11) is 0. The summed E-state index contributed by atoms with van der Waals surface area (Å²) in [6, 6.07) is 0. The van der Waals surface area contributed by atoms with E-state index in [2.05, 4.69) is 4.98 Å². The molecule has 0 saturated heterocycles. The Bertz CT molecular complexity index is 346. The molecule has 0 saturated carbocycles. The van der Waals surface area contributed by atoms with Crippen molar-refractivity contribution in [3.63, 3.8) is 0 Å². The minimum absolute atomic E-state index is 0.435. The van der Waals surface area contributed by atoms with Gasteiger partial charge in [-0.2, -0.15) is 13.2 Å². The van der Waals surface area contributed by atoms with Gasteiger partial charge in [0.05, 0.1) is 5.51 Å². The number of nitroso groups, excluding NO2 is 1. The second-order valence-electron chi connectivity index (χ2n) is 1.92. The van der Waals surface area contributed by atoms with Crippen LogP contribution in [0.25, 0.3) is 0 Å². The highest BCUT2D eigenvalue weighted by atomic mass is 32.1. The normalized spacial score (nSPS) is 11.3. The van der Waals surface area contributed by atoms with Crippen molar-refractivity contribution in [1.82, 2.24) is 4.98 Å². The van der Waals surface area contributed by atoms with E-state index in [-0.39, 0.29) is 0 Å². The zero-order valence-corrected chi connectivity index (χ0v) is 6.65. The van der Waals surface area contributed by atoms with Gasteiger partial charge in [0.2, 0.25) is 0 Å².